The molecule has 0 saturated heterocycles. The van der Waals surface area contributed by atoms with E-state index in [1.54, 1.807) is 35.3 Å². The van der Waals surface area contributed by atoms with Crippen molar-refractivity contribution >= 4 is 10.0 Å². The second-order valence-electron chi connectivity index (χ2n) is 4.20. The molecule has 0 spiro atoms. The number of sulfonamides is 1. The molecule has 1 heterocycles. The quantitative estimate of drug-likeness (QED) is 0.771. The van der Waals surface area contributed by atoms with Crippen molar-refractivity contribution in [1.82, 2.24) is 14.5 Å². The summed E-state index contributed by atoms with van der Waals surface area (Å²) in [5.74, 6) is 5.51. The largest absolute Gasteiger partial charge is 0.320 e. The van der Waals surface area contributed by atoms with Gasteiger partial charge < -0.3 is 5.73 Å². The van der Waals surface area contributed by atoms with Crippen molar-refractivity contribution in [3.63, 3.8) is 0 Å². The van der Waals surface area contributed by atoms with Crippen LogP contribution in [-0.4, -0.2) is 31.3 Å². The van der Waals surface area contributed by atoms with E-state index in [4.69, 9.17) is 5.73 Å². The molecule has 2 aromatic rings. The third-order valence-corrected chi connectivity index (χ3v) is 4.13. The number of nitrogens with one attached hydrogen (secondary N) is 1. The molecule has 1 aromatic carbocycles. The Morgan fingerprint density at radius 2 is 2.19 bits per heavy atom. The van der Waals surface area contributed by atoms with E-state index in [2.05, 4.69) is 21.7 Å². The van der Waals surface area contributed by atoms with Gasteiger partial charge in [0, 0.05) is 24.5 Å². The second kappa shape index (κ2) is 7.04. The first-order valence-electron chi connectivity index (χ1n) is 6.38. The van der Waals surface area contributed by atoms with Gasteiger partial charge in [-0.1, -0.05) is 17.9 Å². The van der Waals surface area contributed by atoms with E-state index in [-0.39, 0.29) is 18.0 Å². The molecule has 6 nitrogen and oxygen atoms in total. The molecule has 2 rings (SSSR count). The highest BCUT2D eigenvalue weighted by atomic mass is 32.2. The average Bonchev–Trinajstić information content (AvgIpc) is 2.98. The maximum atomic E-state index is 12.2. The number of aromatic nitrogens is 2. The molecule has 0 aliphatic rings. The van der Waals surface area contributed by atoms with Crippen molar-refractivity contribution in [2.24, 2.45) is 5.73 Å². The lowest BCUT2D eigenvalue weighted by Crippen LogP contribution is -2.27. The molecular weight excluding hydrogens is 288 g/mol. The van der Waals surface area contributed by atoms with Crippen LogP contribution < -0.4 is 10.5 Å². The van der Waals surface area contributed by atoms with Crippen LogP contribution in [0.3, 0.4) is 0 Å². The second-order valence-corrected chi connectivity index (χ2v) is 5.97. The number of benzene rings is 1. The van der Waals surface area contributed by atoms with Crippen LogP contribution in [0, 0.1) is 11.8 Å². The molecule has 0 aliphatic heterocycles. The van der Waals surface area contributed by atoms with Crippen LogP contribution in [0.25, 0.3) is 0 Å². The van der Waals surface area contributed by atoms with Gasteiger partial charge in [-0.05, 0) is 24.3 Å². The van der Waals surface area contributed by atoms with Gasteiger partial charge in [-0.15, -0.1) is 0 Å². The summed E-state index contributed by atoms with van der Waals surface area (Å²) < 4.78 is 28.5. The molecule has 0 saturated carbocycles. The highest BCUT2D eigenvalue weighted by Gasteiger charge is 2.13. The summed E-state index contributed by atoms with van der Waals surface area (Å²) in [6.07, 6.45) is 3.42. The van der Waals surface area contributed by atoms with Gasteiger partial charge in [0.1, 0.15) is 0 Å². The predicted molar refractivity (Wildman–Crippen MR) is 79.8 cm³/mol. The molecule has 0 fully saturated rings. The molecule has 0 unspecified atom stereocenters. The van der Waals surface area contributed by atoms with E-state index in [1.165, 1.54) is 12.1 Å². The van der Waals surface area contributed by atoms with Gasteiger partial charge in [0.25, 0.3) is 0 Å². The fourth-order valence-electron chi connectivity index (χ4n) is 1.70. The van der Waals surface area contributed by atoms with E-state index in [0.29, 0.717) is 12.1 Å². The Morgan fingerprint density at radius 3 is 2.90 bits per heavy atom. The van der Waals surface area contributed by atoms with Crippen molar-refractivity contribution in [2.75, 3.05) is 13.1 Å². The Bertz CT molecular complexity index is 743. The number of rotatable bonds is 5. The molecule has 7 heteroatoms. The van der Waals surface area contributed by atoms with E-state index in [9.17, 15) is 8.42 Å². The summed E-state index contributed by atoms with van der Waals surface area (Å²) in [4.78, 5) is 0.187. The normalized spacial score (nSPS) is 10.9. The van der Waals surface area contributed by atoms with Crippen molar-refractivity contribution in [3.8, 4) is 11.8 Å². The molecule has 110 valence electrons. The zero-order valence-electron chi connectivity index (χ0n) is 11.4. The van der Waals surface area contributed by atoms with E-state index >= 15 is 0 Å². The van der Waals surface area contributed by atoms with Crippen LogP contribution in [0.2, 0.25) is 0 Å². The van der Waals surface area contributed by atoms with Crippen LogP contribution >= 0.6 is 0 Å². The SMILES string of the molecule is NCC#Cc1cccc(S(=O)(=O)NCCn2cccn2)c1. The van der Waals surface area contributed by atoms with Gasteiger partial charge in [-0.2, -0.15) is 5.10 Å². The zero-order valence-corrected chi connectivity index (χ0v) is 12.2. The van der Waals surface area contributed by atoms with Crippen LogP contribution in [0.1, 0.15) is 5.56 Å². The standard InChI is InChI=1S/C14H16N4O2S/c15-7-2-5-13-4-1-6-14(12-13)21(19,20)17-9-11-18-10-3-8-16-18/h1,3-4,6,8,10,12,17H,7,9,11,15H2. The first kappa shape index (κ1) is 15.3. The molecule has 0 atom stereocenters. The van der Waals surface area contributed by atoms with Crippen LogP contribution in [0.4, 0.5) is 0 Å². The summed E-state index contributed by atoms with van der Waals surface area (Å²) in [6.45, 7) is 0.973. The summed E-state index contributed by atoms with van der Waals surface area (Å²) in [6, 6.07) is 8.24. The lowest BCUT2D eigenvalue weighted by molar-refractivity contribution is 0.561. The number of nitrogens with two attached hydrogens (primary N) is 1. The number of hydrogen-bond acceptors (Lipinski definition) is 4. The van der Waals surface area contributed by atoms with Crippen molar-refractivity contribution < 1.29 is 8.42 Å². The minimum Gasteiger partial charge on any atom is -0.320 e. The van der Waals surface area contributed by atoms with Gasteiger partial charge >= 0.3 is 0 Å². The molecule has 21 heavy (non-hydrogen) atoms. The first-order chi connectivity index (χ1) is 10.1. The van der Waals surface area contributed by atoms with Crippen molar-refractivity contribution in [2.45, 2.75) is 11.4 Å². The van der Waals surface area contributed by atoms with Crippen molar-refractivity contribution in [3.05, 3.63) is 48.3 Å². The maximum Gasteiger partial charge on any atom is 0.240 e. The van der Waals surface area contributed by atoms with Gasteiger partial charge in [0.2, 0.25) is 10.0 Å². The van der Waals surface area contributed by atoms with Gasteiger partial charge in [0.05, 0.1) is 18.0 Å². The fourth-order valence-corrected chi connectivity index (χ4v) is 2.77. The molecule has 3 N–H and O–H groups in total. The summed E-state index contributed by atoms with van der Waals surface area (Å²) in [5, 5.41) is 4.01. The molecule has 1 aromatic heterocycles. The summed E-state index contributed by atoms with van der Waals surface area (Å²) in [5.41, 5.74) is 5.92. The van der Waals surface area contributed by atoms with Crippen molar-refractivity contribution in [1.29, 1.82) is 0 Å². The zero-order chi connectivity index (χ0) is 15.1. The first-order valence-corrected chi connectivity index (χ1v) is 7.86. The Labute approximate surface area is 124 Å². The molecule has 0 radical (unpaired) electrons. The third-order valence-electron chi connectivity index (χ3n) is 2.67. The molecule has 0 aliphatic carbocycles. The minimum atomic E-state index is -3.55. The molecule has 0 bridgehead atoms. The topological polar surface area (TPSA) is 90.0 Å². The van der Waals surface area contributed by atoms with Gasteiger partial charge in [-0.25, -0.2) is 13.1 Å². The monoisotopic (exact) mass is 304 g/mol. The molecular formula is C14H16N4O2S. The predicted octanol–water partition coefficient (Wildman–Crippen LogP) is 0.172. The smallest absolute Gasteiger partial charge is 0.240 e. The Hall–Kier alpha value is -2.14. The summed E-state index contributed by atoms with van der Waals surface area (Å²) >= 11 is 0. The third kappa shape index (κ3) is 4.43. The minimum absolute atomic E-state index is 0.187. The average molecular weight is 304 g/mol. The van der Waals surface area contributed by atoms with Gasteiger partial charge in [0.15, 0.2) is 0 Å². The van der Waals surface area contributed by atoms with Gasteiger partial charge in [-0.3, -0.25) is 4.68 Å². The number of hydrogen-bond donors (Lipinski definition) is 2. The van der Waals surface area contributed by atoms with Crippen LogP contribution in [-0.2, 0) is 16.6 Å². The lowest BCUT2D eigenvalue weighted by Gasteiger charge is -2.07. The Kier molecular flexibility index (Phi) is 5.11. The fraction of sp³-hybridized carbons (Fsp3) is 0.214. The van der Waals surface area contributed by atoms with E-state index in [1.807, 2.05) is 0 Å². The Morgan fingerprint density at radius 1 is 1.33 bits per heavy atom. The lowest BCUT2D eigenvalue weighted by atomic mass is 10.2. The number of nitrogens with zero attached hydrogens (tertiary/aromatic N) is 2. The van der Waals surface area contributed by atoms with Crippen LogP contribution in [0.15, 0.2) is 47.6 Å². The molecule has 0 amide bonds. The Balaban J connectivity index is 2.04. The maximum absolute atomic E-state index is 12.2. The highest BCUT2D eigenvalue weighted by molar-refractivity contribution is 7.89. The van der Waals surface area contributed by atoms with E-state index in [0.717, 1.165) is 0 Å². The van der Waals surface area contributed by atoms with E-state index < -0.39 is 10.0 Å². The van der Waals surface area contributed by atoms with Crippen LogP contribution in [0.5, 0.6) is 0 Å². The summed E-state index contributed by atoms with van der Waals surface area (Å²) in [7, 11) is -3.55. The highest BCUT2D eigenvalue weighted by Crippen LogP contribution is 2.10.